The minimum absolute atomic E-state index is 0.154. The summed E-state index contributed by atoms with van der Waals surface area (Å²) >= 11 is 0. The summed E-state index contributed by atoms with van der Waals surface area (Å²) in [6.45, 7) is 3.43. The Morgan fingerprint density at radius 3 is 2.95 bits per heavy atom. The van der Waals surface area contributed by atoms with Crippen molar-refractivity contribution in [3.05, 3.63) is 12.0 Å². The third kappa shape index (κ3) is 4.02. The molecule has 6 nitrogen and oxygen atoms in total. The molecule has 19 heavy (non-hydrogen) atoms. The van der Waals surface area contributed by atoms with E-state index in [-0.39, 0.29) is 5.03 Å². The SMILES string of the molecule is CCc1ncc(S(=O)(=O)NCCC2CCCCN2)[nH]1. The maximum absolute atomic E-state index is 12.0. The zero-order valence-electron chi connectivity index (χ0n) is 11.3. The summed E-state index contributed by atoms with van der Waals surface area (Å²) in [6.07, 6.45) is 6.47. The Balaban J connectivity index is 1.83. The predicted molar refractivity (Wildman–Crippen MR) is 73.4 cm³/mol. The molecule has 0 aromatic carbocycles. The van der Waals surface area contributed by atoms with E-state index in [9.17, 15) is 8.42 Å². The Kier molecular flexibility index (Phi) is 4.95. The Morgan fingerprint density at radius 1 is 1.47 bits per heavy atom. The number of aromatic amines is 1. The number of nitrogens with zero attached hydrogens (tertiary/aromatic N) is 1. The lowest BCUT2D eigenvalue weighted by atomic mass is 10.0. The van der Waals surface area contributed by atoms with Crippen LogP contribution in [0.25, 0.3) is 0 Å². The first kappa shape index (κ1) is 14.5. The molecular weight excluding hydrogens is 264 g/mol. The molecule has 1 fully saturated rings. The van der Waals surface area contributed by atoms with Crippen LogP contribution < -0.4 is 10.0 Å². The zero-order valence-corrected chi connectivity index (χ0v) is 12.1. The second-order valence-corrected chi connectivity index (χ2v) is 6.62. The number of piperidine rings is 1. The Bertz CT molecular complexity index is 492. The van der Waals surface area contributed by atoms with Crippen LogP contribution in [0, 0.1) is 0 Å². The van der Waals surface area contributed by atoms with Gasteiger partial charge in [0.25, 0.3) is 10.0 Å². The Morgan fingerprint density at radius 2 is 2.32 bits per heavy atom. The smallest absolute Gasteiger partial charge is 0.257 e. The highest BCUT2D eigenvalue weighted by molar-refractivity contribution is 7.89. The van der Waals surface area contributed by atoms with Crippen molar-refractivity contribution < 1.29 is 8.42 Å². The van der Waals surface area contributed by atoms with Crippen LogP contribution in [0.3, 0.4) is 0 Å². The number of H-pyrrole nitrogens is 1. The van der Waals surface area contributed by atoms with Gasteiger partial charge in [0.15, 0.2) is 5.03 Å². The van der Waals surface area contributed by atoms with Gasteiger partial charge in [-0.3, -0.25) is 0 Å². The molecule has 0 bridgehead atoms. The number of imidazole rings is 1. The van der Waals surface area contributed by atoms with Crippen LogP contribution in [0.15, 0.2) is 11.2 Å². The van der Waals surface area contributed by atoms with Gasteiger partial charge >= 0.3 is 0 Å². The van der Waals surface area contributed by atoms with Crippen molar-refractivity contribution in [2.75, 3.05) is 13.1 Å². The lowest BCUT2D eigenvalue weighted by Crippen LogP contribution is -2.37. The number of aromatic nitrogens is 2. The summed E-state index contributed by atoms with van der Waals surface area (Å²) in [6, 6.07) is 0.435. The normalized spacial score (nSPS) is 20.6. The number of nitrogens with one attached hydrogen (secondary N) is 3. The highest BCUT2D eigenvalue weighted by atomic mass is 32.2. The fraction of sp³-hybridized carbons (Fsp3) is 0.750. The lowest BCUT2D eigenvalue weighted by Gasteiger charge is -2.23. The van der Waals surface area contributed by atoms with Gasteiger partial charge in [-0.2, -0.15) is 0 Å². The summed E-state index contributed by atoms with van der Waals surface area (Å²) in [5, 5.41) is 3.56. The first-order valence-corrected chi connectivity index (χ1v) is 8.37. The molecular formula is C12H22N4O2S. The maximum atomic E-state index is 12.0. The van der Waals surface area contributed by atoms with E-state index in [0.717, 1.165) is 19.4 Å². The number of hydrogen-bond acceptors (Lipinski definition) is 4. The third-order valence-electron chi connectivity index (χ3n) is 3.43. The van der Waals surface area contributed by atoms with Crippen LogP contribution >= 0.6 is 0 Å². The van der Waals surface area contributed by atoms with Crippen molar-refractivity contribution in [1.29, 1.82) is 0 Å². The fourth-order valence-electron chi connectivity index (χ4n) is 2.28. The molecule has 1 aromatic rings. The topological polar surface area (TPSA) is 86.9 Å². The van der Waals surface area contributed by atoms with Gasteiger partial charge in [0.2, 0.25) is 0 Å². The van der Waals surface area contributed by atoms with Crippen LogP contribution in [0.1, 0.15) is 38.4 Å². The number of rotatable bonds is 6. The Hall–Kier alpha value is -0.920. The highest BCUT2D eigenvalue weighted by Gasteiger charge is 2.18. The molecule has 1 aliphatic heterocycles. The monoisotopic (exact) mass is 286 g/mol. The van der Waals surface area contributed by atoms with Gasteiger partial charge in [0.05, 0.1) is 6.20 Å². The van der Waals surface area contributed by atoms with E-state index in [1.165, 1.54) is 19.0 Å². The standard InChI is InChI=1S/C12H22N4O2S/c1-2-11-14-9-12(16-11)19(17,18)15-8-6-10-5-3-4-7-13-10/h9-10,13,15H,2-8H2,1H3,(H,14,16). The van der Waals surface area contributed by atoms with Gasteiger partial charge in [-0.25, -0.2) is 18.1 Å². The van der Waals surface area contributed by atoms with E-state index in [1.54, 1.807) is 0 Å². The van der Waals surface area contributed by atoms with Crippen LogP contribution in [0.5, 0.6) is 0 Å². The lowest BCUT2D eigenvalue weighted by molar-refractivity contribution is 0.382. The van der Waals surface area contributed by atoms with Gasteiger partial charge in [0, 0.05) is 19.0 Å². The largest absolute Gasteiger partial charge is 0.332 e. The summed E-state index contributed by atoms with van der Waals surface area (Å²) in [4.78, 5) is 6.83. The minimum Gasteiger partial charge on any atom is -0.332 e. The van der Waals surface area contributed by atoms with Gasteiger partial charge in [-0.15, -0.1) is 0 Å². The van der Waals surface area contributed by atoms with Crippen molar-refractivity contribution in [2.45, 2.75) is 50.1 Å². The number of sulfonamides is 1. The molecule has 1 aromatic heterocycles. The molecule has 7 heteroatoms. The molecule has 0 spiro atoms. The van der Waals surface area contributed by atoms with E-state index < -0.39 is 10.0 Å². The Labute approximate surface area is 114 Å². The van der Waals surface area contributed by atoms with E-state index >= 15 is 0 Å². The number of aryl methyl sites for hydroxylation is 1. The molecule has 0 amide bonds. The third-order valence-corrected chi connectivity index (χ3v) is 4.80. The first-order chi connectivity index (χ1) is 9.12. The summed E-state index contributed by atoms with van der Waals surface area (Å²) in [5.74, 6) is 0.689. The molecule has 0 saturated carbocycles. The predicted octanol–water partition coefficient (Wildman–Crippen LogP) is 0.783. The molecule has 2 heterocycles. The summed E-state index contributed by atoms with van der Waals surface area (Å²) < 4.78 is 26.6. The van der Waals surface area contributed by atoms with E-state index in [0.29, 0.717) is 24.8 Å². The second kappa shape index (κ2) is 6.49. The van der Waals surface area contributed by atoms with Crippen LogP contribution in [0.2, 0.25) is 0 Å². The zero-order chi connectivity index (χ0) is 13.7. The van der Waals surface area contributed by atoms with Crippen molar-refractivity contribution in [3.8, 4) is 0 Å². The first-order valence-electron chi connectivity index (χ1n) is 6.89. The second-order valence-electron chi connectivity index (χ2n) is 4.88. The van der Waals surface area contributed by atoms with Crippen molar-refractivity contribution in [3.63, 3.8) is 0 Å². The average molecular weight is 286 g/mol. The summed E-state index contributed by atoms with van der Waals surface area (Å²) in [7, 11) is -3.45. The number of hydrogen-bond donors (Lipinski definition) is 3. The van der Waals surface area contributed by atoms with Crippen LogP contribution in [-0.4, -0.2) is 37.5 Å². The van der Waals surface area contributed by atoms with Gasteiger partial charge in [-0.05, 0) is 25.8 Å². The van der Waals surface area contributed by atoms with Crippen LogP contribution in [-0.2, 0) is 16.4 Å². The van der Waals surface area contributed by atoms with Crippen molar-refractivity contribution >= 4 is 10.0 Å². The molecule has 0 aliphatic carbocycles. The summed E-state index contributed by atoms with van der Waals surface area (Å²) in [5.41, 5.74) is 0. The molecule has 1 atom stereocenters. The van der Waals surface area contributed by atoms with Gasteiger partial charge < -0.3 is 10.3 Å². The van der Waals surface area contributed by atoms with Crippen LogP contribution in [0.4, 0.5) is 0 Å². The van der Waals surface area contributed by atoms with E-state index in [2.05, 4.69) is 20.0 Å². The van der Waals surface area contributed by atoms with Gasteiger partial charge in [0.1, 0.15) is 5.82 Å². The molecule has 108 valence electrons. The maximum Gasteiger partial charge on any atom is 0.257 e. The highest BCUT2D eigenvalue weighted by Crippen LogP contribution is 2.10. The van der Waals surface area contributed by atoms with E-state index in [1.807, 2.05) is 6.92 Å². The molecule has 1 saturated heterocycles. The van der Waals surface area contributed by atoms with Crippen molar-refractivity contribution in [2.24, 2.45) is 0 Å². The fourth-order valence-corrected chi connectivity index (χ4v) is 3.26. The molecule has 0 radical (unpaired) electrons. The van der Waals surface area contributed by atoms with Gasteiger partial charge in [-0.1, -0.05) is 13.3 Å². The quantitative estimate of drug-likeness (QED) is 0.721. The van der Waals surface area contributed by atoms with E-state index in [4.69, 9.17) is 0 Å². The molecule has 1 unspecified atom stereocenters. The molecule has 3 N–H and O–H groups in total. The molecule has 1 aliphatic rings. The minimum atomic E-state index is -3.45. The molecule has 2 rings (SSSR count). The van der Waals surface area contributed by atoms with Crippen molar-refractivity contribution in [1.82, 2.24) is 20.0 Å². The average Bonchev–Trinajstić information content (AvgIpc) is 2.89.